The highest BCUT2D eigenvalue weighted by atomic mass is 35.5. The molecular weight excluding hydrogens is 370 g/mol. The van der Waals surface area contributed by atoms with E-state index in [1.165, 1.54) is 0 Å². The summed E-state index contributed by atoms with van der Waals surface area (Å²) in [6.45, 7) is 0. The fourth-order valence-electron chi connectivity index (χ4n) is 3.37. The van der Waals surface area contributed by atoms with Crippen molar-refractivity contribution < 1.29 is 4.42 Å². The van der Waals surface area contributed by atoms with Crippen molar-refractivity contribution in [1.29, 1.82) is 0 Å². The fourth-order valence-corrected chi connectivity index (χ4v) is 3.61. The van der Waals surface area contributed by atoms with Gasteiger partial charge < -0.3 is 4.42 Å². The zero-order valence-electron chi connectivity index (χ0n) is 15.0. The smallest absolute Gasteiger partial charge is 0.228 e. The molecule has 5 rings (SSSR count). The molecule has 4 nitrogen and oxygen atoms in total. The van der Waals surface area contributed by atoms with E-state index in [9.17, 15) is 0 Å². The molecule has 5 heteroatoms. The number of nitrogens with zero attached hydrogens (tertiary/aromatic N) is 3. The second-order valence-corrected chi connectivity index (χ2v) is 7.11. The molecule has 0 spiro atoms. The summed E-state index contributed by atoms with van der Waals surface area (Å²) in [4.78, 5) is 13.6. The fraction of sp³-hybridized carbons (Fsp3) is 0.0870. The standard InChI is InChI=1S/C23H16ClN3O/c24-18-12-16(8-9-19-6-3-4-10-25-19)22-21(13-18)27-23(28-22)17-11-15-5-1-2-7-20(15)26-14-17/h1-7,10-14H,8-9H2. The van der Waals surface area contributed by atoms with Crippen molar-refractivity contribution in [1.82, 2.24) is 15.0 Å². The van der Waals surface area contributed by atoms with Crippen LogP contribution in [-0.2, 0) is 12.8 Å². The summed E-state index contributed by atoms with van der Waals surface area (Å²) in [5.41, 5.74) is 5.38. The van der Waals surface area contributed by atoms with Crippen LogP contribution in [0, 0.1) is 0 Å². The number of benzene rings is 2. The van der Waals surface area contributed by atoms with Gasteiger partial charge >= 0.3 is 0 Å². The summed E-state index contributed by atoms with van der Waals surface area (Å²) in [5, 5.41) is 1.70. The molecule has 136 valence electrons. The Kier molecular flexibility index (Phi) is 4.26. The van der Waals surface area contributed by atoms with Crippen molar-refractivity contribution >= 4 is 33.6 Å². The van der Waals surface area contributed by atoms with Gasteiger partial charge in [-0.2, -0.15) is 0 Å². The van der Waals surface area contributed by atoms with Gasteiger partial charge in [-0.25, -0.2) is 4.98 Å². The Morgan fingerprint density at radius 2 is 1.75 bits per heavy atom. The molecule has 0 amide bonds. The number of rotatable bonds is 4. The Morgan fingerprint density at radius 1 is 0.857 bits per heavy atom. The second kappa shape index (κ2) is 7.06. The van der Waals surface area contributed by atoms with Gasteiger partial charge in [0.2, 0.25) is 5.89 Å². The largest absolute Gasteiger partial charge is 0.436 e. The minimum absolute atomic E-state index is 0.551. The third-order valence-corrected chi connectivity index (χ3v) is 4.96. The number of aromatic nitrogens is 3. The van der Waals surface area contributed by atoms with Crippen LogP contribution in [0.5, 0.6) is 0 Å². The molecule has 0 unspecified atom stereocenters. The van der Waals surface area contributed by atoms with Gasteiger partial charge in [0.1, 0.15) is 5.52 Å². The zero-order valence-corrected chi connectivity index (χ0v) is 15.7. The van der Waals surface area contributed by atoms with E-state index >= 15 is 0 Å². The van der Waals surface area contributed by atoms with E-state index in [2.05, 4.69) is 15.0 Å². The molecule has 3 aromatic heterocycles. The average molecular weight is 386 g/mol. The lowest BCUT2D eigenvalue weighted by atomic mass is 10.1. The average Bonchev–Trinajstić information content (AvgIpc) is 3.16. The van der Waals surface area contributed by atoms with Crippen LogP contribution in [0.1, 0.15) is 11.3 Å². The molecule has 0 bridgehead atoms. The molecule has 0 aliphatic rings. The third kappa shape index (κ3) is 3.23. The number of oxazole rings is 1. The summed E-state index contributed by atoms with van der Waals surface area (Å²) >= 11 is 6.33. The predicted octanol–water partition coefficient (Wildman–Crippen LogP) is 5.88. The van der Waals surface area contributed by atoms with Gasteiger partial charge in [0.05, 0.1) is 11.1 Å². The van der Waals surface area contributed by atoms with Crippen LogP contribution in [0.4, 0.5) is 0 Å². The first kappa shape index (κ1) is 16.9. The van der Waals surface area contributed by atoms with Gasteiger partial charge in [-0.15, -0.1) is 0 Å². The predicted molar refractivity (Wildman–Crippen MR) is 111 cm³/mol. The van der Waals surface area contributed by atoms with Gasteiger partial charge in [-0.3, -0.25) is 9.97 Å². The maximum Gasteiger partial charge on any atom is 0.228 e. The molecule has 0 saturated carbocycles. The first-order valence-corrected chi connectivity index (χ1v) is 9.48. The van der Waals surface area contributed by atoms with E-state index in [1.807, 2.05) is 66.9 Å². The normalized spacial score (nSPS) is 11.3. The summed E-state index contributed by atoms with van der Waals surface area (Å²) in [6, 6.07) is 19.8. The van der Waals surface area contributed by atoms with Crippen LogP contribution >= 0.6 is 11.6 Å². The zero-order chi connectivity index (χ0) is 18.9. The number of hydrogen-bond acceptors (Lipinski definition) is 4. The molecule has 0 N–H and O–H groups in total. The van der Waals surface area contributed by atoms with Crippen LogP contribution in [0.2, 0.25) is 5.02 Å². The number of halogens is 1. The lowest BCUT2D eigenvalue weighted by Crippen LogP contribution is -1.94. The number of pyridine rings is 2. The van der Waals surface area contributed by atoms with E-state index in [-0.39, 0.29) is 0 Å². The van der Waals surface area contributed by atoms with Gasteiger partial charge in [-0.05, 0) is 54.8 Å². The Morgan fingerprint density at radius 3 is 2.64 bits per heavy atom. The van der Waals surface area contributed by atoms with E-state index in [0.29, 0.717) is 10.9 Å². The monoisotopic (exact) mass is 385 g/mol. The number of para-hydroxylation sites is 1. The molecule has 0 atom stereocenters. The van der Waals surface area contributed by atoms with Crippen LogP contribution in [-0.4, -0.2) is 15.0 Å². The van der Waals surface area contributed by atoms with Gasteiger partial charge in [-0.1, -0.05) is 35.9 Å². The lowest BCUT2D eigenvalue weighted by molar-refractivity contribution is 0.614. The molecule has 0 fully saturated rings. The number of hydrogen-bond donors (Lipinski definition) is 0. The third-order valence-electron chi connectivity index (χ3n) is 4.75. The summed E-state index contributed by atoms with van der Waals surface area (Å²) < 4.78 is 6.15. The molecule has 28 heavy (non-hydrogen) atoms. The summed E-state index contributed by atoms with van der Waals surface area (Å²) in [5.74, 6) is 0.551. The molecule has 0 radical (unpaired) electrons. The first-order chi connectivity index (χ1) is 13.8. The molecule has 5 aromatic rings. The van der Waals surface area contributed by atoms with E-state index in [0.717, 1.165) is 51.7 Å². The molecule has 0 saturated heterocycles. The van der Waals surface area contributed by atoms with E-state index < -0.39 is 0 Å². The van der Waals surface area contributed by atoms with Crippen molar-refractivity contribution in [2.45, 2.75) is 12.8 Å². The Balaban J connectivity index is 1.54. The van der Waals surface area contributed by atoms with Crippen molar-refractivity contribution in [3.8, 4) is 11.5 Å². The molecule has 0 aliphatic carbocycles. The molecular formula is C23H16ClN3O. The molecule has 0 aliphatic heterocycles. The highest BCUT2D eigenvalue weighted by Crippen LogP contribution is 2.30. The van der Waals surface area contributed by atoms with Gasteiger partial charge in [0, 0.05) is 28.5 Å². The van der Waals surface area contributed by atoms with Crippen molar-refractivity contribution in [3.05, 3.63) is 89.3 Å². The Labute approximate surface area is 166 Å². The quantitative estimate of drug-likeness (QED) is 0.388. The van der Waals surface area contributed by atoms with Crippen LogP contribution < -0.4 is 0 Å². The maximum atomic E-state index is 6.33. The maximum absolute atomic E-state index is 6.33. The summed E-state index contributed by atoms with van der Waals surface area (Å²) in [6.07, 6.45) is 5.19. The Hall–Kier alpha value is -3.24. The minimum Gasteiger partial charge on any atom is -0.436 e. The van der Waals surface area contributed by atoms with Crippen molar-refractivity contribution in [3.63, 3.8) is 0 Å². The van der Waals surface area contributed by atoms with E-state index in [1.54, 1.807) is 6.20 Å². The number of aryl methyl sites for hydroxylation is 2. The summed E-state index contributed by atoms with van der Waals surface area (Å²) in [7, 11) is 0. The molecule has 2 aromatic carbocycles. The van der Waals surface area contributed by atoms with Gasteiger partial charge in [0.15, 0.2) is 5.58 Å². The van der Waals surface area contributed by atoms with Gasteiger partial charge in [0.25, 0.3) is 0 Å². The van der Waals surface area contributed by atoms with Crippen molar-refractivity contribution in [2.24, 2.45) is 0 Å². The lowest BCUT2D eigenvalue weighted by Gasteiger charge is -2.03. The number of fused-ring (bicyclic) bond motifs is 2. The van der Waals surface area contributed by atoms with Crippen LogP contribution in [0.15, 0.2) is 77.5 Å². The highest BCUT2D eigenvalue weighted by Gasteiger charge is 2.14. The SMILES string of the molecule is Clc1cc(CCc2ccccn2)c2oc(-c3cnc4ccccc4c3)nc2c1. The van der Waals surface area contributed by atoms with Crippen LogP contribution in [0.3, 0.4) is 0 Å². The topological polar surface area (TPSA) is 51.8 Å². The second-order valence-electron chi connectivity index (χ2n) is 6.67. The first-order valence-electron chi connectivity index (χ1n) is 9.10. The Bertz CT molecular complexity index is 1280. The minimum atomic E-state index is 0.551. The molecule has 3 heterocycles. The van der Waals surface area contributed by atoms with Crippen LogP contribution in [0.25, 0.3) is 33.5 Å². The highest BCUT2D eigenvalue weighted by molar-refractivity contribution is 6.31. The van der Waals surface area contributed by atoms with E-state index in [4.69, 9.17) is 16.0 Å². The van der Waals surface area contributed by atoms with Crippen molar-refractivity contribution in [2.75, 3.05) is 0 Å².